The molecular weight excluding hydrogens is 192 g/mol. The summed E-state index contributed by atoms with van der Waals surface area (Å²) in [6.45, 7) is 0. The first-order valence-electron chi connectivity index (χ1n) is 3.57. The van der Waals surface area contributed by atoms with Crippen molar-refractivity contribution < 1.29 is 14.4 Å². The molecular formula is C7H5BFNO2S. The van der Waals surface area contributed by atoms with Crippen LogP contribution in [0.4, 0.5) is 4.39 Å². The minimum absolute atomic E-state index is 0.147. The molecule has 2 aromatic rings. The van der Waals surface area contributed by atoms with Crippen LogP contribution in [0.15, 0.2) is 17.6 Å². The Morgan fingerprint density at radius 3 is 2.85 bits per heavy atom. The minimum Gasteiger partial charge on any atom is -0.423 e. The van der Waals surface area contributed by atoms with E-state index in [0.717, 1.165) is 6.07 Å². The van der Waals surface area contributed by atoms with Crippen LogP contribution in [-0.4, -0.2) is 22.2 Å². The summed E-state index contributed by atoms with van der Waals surface area (Å²) in [7, 11) is -1.64. The first kappa shape index (κ1) is 8.62. The fourth-order valence-electron chi connectivity index (χ4n) is 1.09. The molecule has 13 heavy (non-hydrogen) atoms. The number of fused-ring (bicyclic) bond motifs is 1. The predicted molar refractivity (Wildman–Crippen MR) is 49.4 cm³/mol. The molecule has 0 radical (unpaired) electrons. The Kier molecular flexibility index (Phi) is 2.03. The Hall–Kier alpha value is -0.975. The number of hydrogen-bond donors (Lipinski definition) is 2. The van der Waals surface area contributed by atoms with Crippen molar-refractivity contribution in [1.82, 2.24) is 4.98 Å². The zero-order valence-corrected chi connectivity index (χ0v) is 7.25. The maximum absolute atomic E-state index is 13.2. The van der Waals surface area contributed by atoms with Crippen LogP contribution in [0, 0.1) is 5.82 Å². The van der Waals surface area contributed by atoms with Crippen molar-refractivity contribution in [2.75, 3.05) is 0 Å². The number of thiazole rings is 1. The van der Waals surface area contributed by atoms with Crippen LogP contribution < -0.4 is 5.46 Å². The Labute approximate surface area is 77.6 Å². The van der Waals surface area contributed by atoms with Gasteiger partial charge in [-0.3, -0.25) is 0 Å². The number of nitrogens with zero attached hydrogens (tertiary/aromatic N) is 1. The van der Waals surface area contributed by atoms with Crippen LogP contribution >= 0.6 is 11.3 Å². The van der Waals surface area contributed by atoms with Crippen molar-refractivity contribution in [3.63, 3.8) is 0 Å². The van der Waals surface area contributed by atoms with Gasteiger partial charge in [0.1, 0.15) is 11.3 Å². The molecule has 0 unspecified atom stereocenters. The van der Waals surface area contributed by atoms with Crippen molar-refractivity contribution in [2.45, 2.75) is 0 Å². The average molecular weight is 197 g/mol. The van der Waals surface area contributed by atoms with E-state index in [4.69, 9.17) is 10.0 Å². The smallest absolute Gasteiger partial charge is 0.423 e. The van der Waals surface area contributed by atoms with E-state index in [0.29, 0.717) is 4.70 Å². The van der Waals surface area contributed by atoms with Gasteiger partial charge in [-0.25, -0.2) is 9.37 Å². The largest absolute Gasteiger partial charge is 0.488 e. The first-order chi connectivity index (χ1) is 6.18. The van der Waals surface area contributed by atoms with Gasteiger partial charge in [0.25, 0.3) is 0 Å². The van der Waals surface area contributed by atoms with Crippen molar-refractivity contribution in [2.24, 2.45) is 0 Å². The summed E-state index contributed by atoms with van der Waals surface area (Å²) < 4.78 is 13.8. The Bertz CT molecular complexity index is 445. The Morgan fingerprint density at radius 1 is 1.38 bits per heavy atom. The summed E-state index contributed by atoms with van der Waals surface area (Å²) in [5.74, 6) is -0.526. The second-order valence-electron chi connectivity index (χ2n) is 2.58. The lowest BCUT2D eigenvalue weighted by Gasteiger charge is -1.99. The van der Waals surface area contributed by atoms with E-state index >= 15 is 0 Å². The highest BCUT2D eigenvalue weighted by Gasteiger charge is 2.14. The maximum atomic E-state index is 13.2. The molecule has 0 amide bonds. The van der Waals surface area contributed by atoms with Gasteiger partial charge < -0.3 is 10.0 Å². The number of hydrogen-bond acceptors (Lipinski definition) is 4. The molecule has 1 aromatic heterocycles. The Balaban J connectivity index is 2.70. The Morgan fingerprint density at radius 2 is 2.15 bits per heavy atom. The van der Waals surface area contributed by atoms with Gasteiger partial charge in [-0.2, -0.15) is 0 Å². The standard InChI is InChI=1S/C7H5BFNO2S/c9-5-1-4(8(11)12)2-6-7(5)10-3-13-6/h1-3,11-12H. The summed E-state index contributed by atoms with van der Waals surface area (Å²) in [6.07, 6.45) is 0. The number of aromatic nitrogens is 1. The summed E-state index contributed by atoms with van der Waals surface area (Å²) in [5, 5.41) is 17.6. The third-order valence-electron chi connectivity index (χ3n) is 1.71. The van der Waals surface area contributed by atoms with Crippen LogP contribution in [0.1, 0.15) is 0 Å². The van der Waals surface area contributed by atoms with Crippen molar-refractivity contribution in [1.29, 1.82) is 0 Å². The van der Waals surface area contributed by atoms with E-state index in [1.54, 1.807) is 0 Å². The fraction of sp³-hybridized carbons (Fsp3) is 0. The van der Waals surface area contributed by atoms with Gasteiger partial charge in [0.05, 0.1) is 10.2 Å². The number of benzene rings is 1. The molecule has 0 aliphatic heterocycles. The van der Waals surface area contributed by atoms with Crippen molar-refractivity contribution >= 4 is 34.1 Å². The molecule has 0 atom stereocenters. The van der Waals surface area contributed by atoms with Gasteiger partial charge in [0.2, 0.25) is 0 Å². The maximum Gasteiger partial charge on any atom is 0.488 e. The molecule has 1 heterocycles. The van der Waals surface area contributed by atoms with Crippen molar-refractivity contribution in [3.8, 4) is 0 Å². The molecule has 3 nitrogen and oxygen atoms in total. The third-order valence-corrected chi connectivity index (χ3v) is 2.49. The van der Waals surface area contributed by atoms with E-state index in [2.05, 4.69) is 4.98 Å². The molecule has 66 valence electrons. The van der Waals surface area contributed by atoms with Gasteiger partial charge in [-0.1, -0.05) is 0 Å². The monoisotopic (exact) mass is 197 g/mol. The number of rotatable bonds is 1. The molecule has 1 aromatic carbocycles. The van der Waals surface area contributed by atoms with Crippen LogP contribution in [0.25, 0.3) is 10.2 Å². The third kappa shape index (κ3) is 1.43. The lowest BCUT2D eigenvalue weighted by Crippen LogP contribution is -2.29. The summed E-state index contributed by atoms with van der Waals surface area (Å²) >= 11 is 1.26. The molecule has 2 N–H and O–H groups in total. The molecule has 0 aliphatic rings. The van der Waals surface area contributed by atoms with Gasteiger partial charge in [-0.05, 0) is 17.6 Å². The molecule has 0 fully saturated rings. The lowest BCUT2D eigenvalue weighted by molar-refractivity contribution is 0.425. The topological polar surface area (TPSA) is 53.4 Å². The predicted octanol–water partition coefficient (Wildman–Crippen LogP) is 0.115. The van der Waals surface area contributed by atoms with E-state index in [9.17, 15) is 4.39 Å². The van der Waals surface area contributed by atoms with E-state index in [1.165, 1.54) is 22.9 Å². The van der Waals surface area contributed by atoms with Crippen molar-refractivity contribution in [3.05, 3.63) is 23.5 Å². The molecule has 6 heteroatoms. The normalized spacial score (nSPS) is 10.7. The van der Waals surface area contributed by atoms with Gasteiger partial charge in [-0.15, -0.1) is 11.3 Å². The van der Waals surface area contributed by atoms with Crippen LogP contribution in [-0.2, 0) is 0 Å². The van der Waals surface area contributed by atoms with Crippen LogP contribution in [0.3, 0.4) is 0 Å². The zero-order valence-electron chi connectivity index (χ0n) is 6.44. The zero-order chi connectivity index (χ0) is 9.42. The van der Waals surface area contributed by atoms with E-state index in [-0.39, 0.29) is 11.0 Å². The highest BCUT2D eigenvalue weighted by atomic mass is 32.1. The molecule has 0 aliphatic carbocycles. The first-order valence-corrected chi connectivity index (χ1v) is 4.45. The molecule has 2 rings (SSSR count). The van der Waals surface area contributed by atoms with Gasteiger partial charge >= 0.3 is 7.12 Å². The fourth-order valence-corrected chi connectivity index (χ4v) is 1.83. The minimum atomic E-state index is -1.64. The second kappa shape index (κ2) is 3.06. The highest BCUT2D eigenvalue weighted by Crippen LogP contribution is 2.18. The van der Waals surface area contributed by atoms with E-state index in [1.807, 2.05) is 0 Å². The summed E-state index contributed by atoms with van der Waals surface area (Å²) in [4.78, 5) is 3.80. The lowest BCUT2D eigenvalue weighted by atomic mass is 9.80. The van der Waals surface area contributed by atoms with E-state index < -0.39 is 12.9 Å². The highest BCUT2D eigenvalue weighted by molar-refractivity contribution is 7.16. The molecule has 0 saturated heterocycles. The molecule has 0 saturated carbocycles. The molecule has 0 bridgehead atoms. The van der Waals surface area contributed by atoms with Gasteiger partial charge in [0.15, 0.2) is 0 Å². The average Bonchev–Trinajstić information content (AvgIpc) is 2.51. The quantitative estimate of drug-likeness (QED) is 0.638. The SMILES string of the molecule is OB(O)c1cc(F)c2ncsc2c1. The van der Waals surface area contributed by atoms with Crippen LogP contribution in [0.2, 0.25) is 0 Å². The second-order valence-corrected chi connectivity index (χ2v) is 3.46. The molecule has 0 spiro atoms. The summed E-state index contributed by atoms with van der Waals surface area (Å²) in [5.41, 5.74) is 1.94. The number of halogens is 1. The summed E-state index contributed by atoms with van der Waals surface area (Å²) in [6, 6.07) is 2.59. The van der Waals surface area contributed by atoms with Gasteiger partial charge in [0, 0.05) is 0 Å². The van der Waals surface area contributed by atoms with Crippen LogP contribution in [0.5, 0.6) is 0 Å².